The van der Waals surface area contributed by atoms with Gasteiger partial charge in [0.2, 0.25) is 0 Å². The Morgan fingerprint density at radius 3 is 2.43 bits per heavy atom. The van der Waals surface area contributed by atoms with E-state index in [0.29, 0.717) is 6.54 Å². The van der Waals surface area contributed by atoms with E-state index in [4.69, 9.17) is 0 Å². The van der Waals surface area contributed by atoms with E-state index >= 15 is 0 Å². The first-order valence-electron chi connectivity index (χ1n) is 7.75. The van der Waals surface area contributed by atoms with Crippen LogP contribution in [0.5, 0.6) is 0 Å². The van der Waals surface area contributed by atoms with Gasteiger partial charge in [-0.1, -0.05) is 44.2 Å². The molecule has 4 nitrogen and oxygen atoms in total. The lowest BCUT2D eigenvalue weighted by Crippen LogP contribution is -2.47. The van der Waals surface area contributed by atoms with Gasteiger partial charge in [-0.25, -0.2) is 4.79 Å². The van der Waals surface area contributed by atoms with E-state index < -0.39 is 0 Å². The summed E-state index contributed by atoms with van der Waals surface area (Å²) in [6.07, 6.45) is 3.08. The molecule has 1 aliphatic rings. The molecular weight excluding hydrogens is 264 g/mol. The molecule has 0 atom stereocenters. The number of hydrogen-bond acceptors (Lipinski definition) is 2. The Balaban J connectivity index is 1.78. The molecular formula is C17H26N2O2. The second-order valence-corrected chi connectivity index (χ2v) is 6.58. The highest BCUT2D eigenvalue weighted by Gasteiger charge is 2.23. The minimum absolute atomic E-state index is 0.0959. The highest BCUT2D eigenvalue weighted by molar-refractivity contribution is 5.74. The van der Waals surface area contributed by atoms with Gasteiger partial charge < -0.3 is 15.7 Å². The smallest absolute Gasteiger partial charge is 0.315 e. The molecule has 0 saturated heterocycles. The number of nitrogens with one attached hydrogen (secondary N) is 2. The van der Waals surface area contributed by atoms with E-state index in [9.17, 15) is 9.90 Å². The summed E-state index contributed by atoms with van der Waals surface area (Å²) in [4.78, 5) is 12.0. The predicted octanol–water partition coefficient (Wildman–Crippen LogP) is 2.57. The summed E-state index contributed by atoms with van der Waals surface area (Å²) in [5.74, 6) is 0. The zero-order chi connectivity index (χ0) is 15.3. The van der Waals surface area contributed by atoms with Crippen molar-refractivity contribution in [1.29, 1.82) is 0 Å². The van der Waals surface area contributed by atoms with Crippen molar-refractivity contribution in [3.8, 4) is 0 Å². The van der Waals surface area contributed by atoms with Crippen molar-refractivity contribution < 1.29 is 9.90 Å². The summed E-state index contributed by atoms with van der Waals surface area (Å²) in [5.41, 5.74) is 1.12. The first-order chi connectivity index (χ1) is 9.97. The Kier molecular flexibility index (Phi) is 5.23. The second kappa shape index (κ2) is 6.94. The van der Waals surface area contributed by atoms with Gasteiger partial charge in [0.15, 0.2) is 0 Å². The van der Waals surface area contributed by atoms with Crippen LogP contribution >= 0.6 is 0 Å². The van der Waals surface area contributed by atoms with Gasteiger partial charge in [-0.3, -0.25) is 0 Å². The standard InChI is InChI=1S/C17H26N2O2/c1-17(2,13-6-4-3-5-7-13)12-18-16(21)19-14-8-10-15(20)11-9-14/h3-7,14-15,20H,8-12H2,1-2H3,(H2,18,19,21). The first-order valence-corrected chi connectivity index (χ1v) is 7.75. The number of aliphatic hydroxyl groups is 1. The summed E-state index contributed by atoms with van der Waals surface area (Å²) >= 11 is 0. The number of aliphatic hydroxyl groups excluding tert-OH is 1. The number of urea groups is 1. The molecule has 0 aliphatic heterocycles. The van der Waals surface area contributed by atoms with Crippen LogP contribution in [-0.2, 0) is 5.41 Å². The quantitative estimate of drug-likeness (QED) is 0.798. The fraction of sp³-hybridized carbons (Fsp3) is 0.588. The van der Waals surface area contributed by atoms with Gasteiger partial charge in [0.1, 0.15) is 0 Å². The van der Waals surface area contributed by atoms with E-state index in [0.717, 1.165) is 25.7 Å². The Bertz CT molecular complexity index is 451. The fourth-order valence-corrected chi connectivity index (χ4v) is 2.75. The highest BCUT2D eigenvalue weighted by atomic mass is 16.3. The number of benzene rings is 1. The third-order valence-electron chi connectivity index (χ3n) is 4.28. The summed E-state index contributed by atoms with van der Waals surface area (Å²) in [7, 11) is 0. The van der Waals surface area contributed by atoms with Gasteiger partial charge in [-0.2, -0.15) is 0 Å². The predicted molar refractivity (Wildman–Crippen MR) is 84.3 cm³/mol. The van der Waals surface area contributed by atoms with Gasteiger partial charge in [0, 0.05) is 18.0 Å². The molecule has 1 aliphatic carbocycles. The molecule has 2 amide bonds. The van der Waals surface area contributed by atoms with Crippen LogP contribution in [0.15, 0.2) is 30.3 Å². The molecule has 0 bridgehead atoms. The molecule has 0 spiro atoms. The lowest BCUT2D eigenvalue weighted by molar-refractivity contribution is 0.117. The van der Waals surface area contributed by atoms with Gasteiger partial charge in [-0.15, -0.1) is 0 Å². The average molecular weight is 290 g/mol. The van der Waals surface area contributed by atoms with E-state index in [2.05, 4.69) is 36.6 Å². The number of amides is 2. The molecule has 116 valence electrons. The zero-order valence-corrected chi connectivity index (χ0v) is 12.9. The number of carbonyl (C=O) groups is 1. The fourth-order valence-electron chi connectivity index (χ4n) is 2.75. The summed E-state index contributed by atoms with van der Waals surface area (Å²) in [6, 6.07) is 10.3. The minimum Gasteiger partial charge on any atom is -0.393 e. The number of rotatable bonds is 4. The van der Waals surface area contributed by atoms with Gasteiger partial charge in [0.25, 0.3) is 0 Å². The maximum atomic E-state index is 12.0. The van der Waals surface area contributed by atoms with Gasteiger partial charge in [-0.05, 0) is 31.2 Å². The molecule has 0 heterocycles. The van der Waals surface area contributed by atoms with Crippen molar-refractivity contribution >= 4 is 6.03 Å². The van der Waals surface area contributed by atoms with Crippen molar-refractivity contribution in [2.24, 2.45) is 0 Å². The molecule has 4 heteroatoms. The van der Waals surface area contributed by atoms with Crippen molar-refractivity contribution in [1.82, 2.24) is 10.6 Å². The normalized spacial score (nSPS) is 22.6. The van der Waals surface area contributed by atoms with Crippen molar-refractivity contribution in [2.45, 2.75) is 57.1 Å². The van der Waals surface area contributed by atoms with Crippen LogP contribution in [0.2, 0.25) is 0 Å². The van der Waals surface area contributed by atoms with Crippen LogP contribution in [0, 0.1) is 0 Å². The Hall–Kier alpha value is -1.55. The van der Waals surface area contributed by atoms with E-state index in [1.165, 1.54) is 5.56 Å². The largest absolute Gasteiger partial charge is 0.393 e. The summed E-state index contributed by atoms with van der Waals surface area (Å²) < 4.78 is 0. The zero-order valence-electron chi connectivity index (χ0n) is 12.9. The highest BCUT2D eigenvalue weighted by Crippen LogP contribution is 2.22. The Labute approximate surface area is 126 Å². The van der Waals surface area contributed by atoms with Crippen LogP contribution < -0.4 is 10.6 Å². The molecule has 0 aromatic heterocycles. The lowest BCUT2D eigenvalue weighted by atomic mass is 9.85. The molecule has 21 heavy (non-hydrogen) atoms. The van der Waals surface area contributed by atoms with Crippen molar-refractivity contribution in [3.05, 3.63) is 35.9 Å². The topological polar surface area (TPSA) is 61.4 Å². The molecule has 1 saturated carbocycles. The number of hydrogen-bond donors (Lipinski definition) is 3. The Morgan fingerprint density at radius 2 is 1.81 bits per heavy atom. The molecule has 1 fully saturated rings. The second-order valence-electron chi connectivity index (χ2n) is 6.58. The van der Waals surface area contributed by atoms with Crippen LogP contribution in [0.4, 0.5) is 4.79 Å². The molecule has 2 rings (SSSR count). The van der Waals surface area contributed by atoms with Crippen molar-refractivity contribution in [2.75, 3.05) is 6.54 Å². The molecule has 3 N–H and O–H groups in total. The van der Waals surface area contributed by atoms with Crippen LogP contribution in [0.25, 0.3) is 0 Å². The molecule has 0 unspecified atom stereocenters. The average Bonchev–Trinajstić information content (AvgIpc) is 2.49. The van der Waals surface area contributed by atoms with Crippen LogP contribution in [-0.4, -0.2) is 29.8 Å². The first kappa shape index (κ1) is 15.8. The monoisotopic (exact) mass is 290 g/mol. The van der Waals surface area contributed by atoms with Gasteiger partial charge >= 0.3 is 6.03 Å². The molecule has 1 aromatic rings. The molecule has 1 aromatic carbocycles. The van der Waals surface area contributed by atoms with Crippen LogP contribution in [0.3, 0.4) is 0 Å². The SMILES string of the molecule is CC(C)(CNC(=O)NC1CCC(O)CC1)c1ccccc1. The lowest BCUT2D eigenvalue weighted by Gasteiger charge is -2.28. The van der Waals surface area contributed by atoms with E-state index in [1.54, 1.807) is 0 Å². The maximum Gasteiger partial charge on any atom is 0.315 e. The van der Waals surface area contributed by atoms with Gasteiger partial charge in [0.05, 0.1) is 6.10 Å². The summed E-state index contributed by atoms with van der Waals surface area (Å²) in [6.45, 7) is 4.84. The van der Waals surface area contributed by atoms with E-state index in [-0.39, 0.29) is 23.6 Å². The van der Waals surface area contributed by atoms with E-state index in [1.807, 2.05) is 18.2 Å². The number of carbonyl (C=O) groups excluding carboxylic acids is 1. The third-order valence-corrected chi connectivity index (χ3v) is 4.28. The Morgan fingerprint density at radius 1 is 1.19 bits per heavy atom. The molecule has 0 radical (unpaired) electrons. The maximum absolute atomic E-state index is 12.0. The van der Waals surface area contributed by atoms with Crippen molar-refractivity contribution in [3.63, 3.8) is 0 Å². The summed E-state index contributed by atoms with van der Waals surface area (Å²) in [5, 5.41) is 15.4. The van der Waals surface area contributed by atoms with Crippen LogP contribution in [0.1, 0.15) is 45.1 Å². The third kappa shape index (κ3) is 4.74. The minimum atomic E-state index is -0.192.